The summed E-state index contributed by atoms with van der Waals surface area (Å²) in [5.41, 5.74) is 3.08. The van der Waals surface area contributed by atoms with Gasteiger partial charge >= 0.3 is 5.97 Å². The third-order valence-electron chi connectivity index (χ3n) is 3.92. The Kier molecular flexibility index (Phi) is 5.73. The smallest absolute Gasteiger partial charge is 0.338 e. The molecule has 5 nitrogen and oxygen atoms in total. The van der Waals surface area contributed by atoms with Gasteiger partial charge in [0.1, 0.15) is 24.7 Å². The molecule has 0 bridgehead atoms. The van der Waals surface area contributed by atoms with Gasteiger partial charge in [-0.25, -0.2) is 4.79 Å². The predicted octanol–water partition coefficient (Wildman–Crippen LogP) is 4.99. The van der Waals surface area contributed by atoms with E-state index in [-0.39, 0.29) is 6.61 Å². The summed E-state index contributed by atoms with van der Waals surface area (Å²) in [6.07, 6.45) is 0. The van der Waals surface area contributed by atoms with Gasteiger partial charge in [-0.15, -0.1) is 0 Å². The minimum absolute atomic E-state index is 0.219. The van der Waals surface area contributed by atoms with Crippen LogP contribution < -0.4 is 4.74 Å². The Morgan fingerprint density at radius 3 is 2.58 bits per heavy atom. The highest BCUT2D eigenvalue weighted by Crippen LogP contribution is 2.19. The molecule has 0 spiro atoms. The zero-order valence-electron chi connectivity index (χ0n) is 14.5. The normalized spacial score (nSPS) is 10.6. The molecular formula is C20H18BrNO4. The molecule has 0 atom stereocenters. The molecule has 3 rings (SSSR count). The summed E-state index contributed by atoms with van der Waals surface area (Å²) in [6, 6.07) is 14.6. The van der Waals surface area contributed by atoms with E-state index in [0.29, 0.717) is 17.9 Å². The van der Waals surface area contributed by atoms with E-state index in [9.17, 15) is 4.79 Å². The van der Waals surface area contributed by atoms with Gasteiger partial charge in [-0.2, -0.15) is 0 Å². The van der Waals surface area contributed by atoms with E-state index in [2.05, 4.69) is 21.1 Å². The van der Waals surface area contributed by atoms with Crippen LogP contribution in [0.15, 0.2) is 57.5 Å². The molecule has 0 radical (unpaired) electrons. The van der Waals surface area contributed by atoms with Crippen LogP contribution in [0.25, 0.3) is 0 Å². The Morgan fingerprint density at radius 1 is 1.12 bits per heavy atom. The standard InChI is InChI=1S/C20H18BrNO4/c1-13-19(14(2)26-22-13)12-24-18-5-3-4-16(10-18)20(23)25-11-15-6-8-17(21)9-7-15/h3-10H,11-12H2,1-2H3. The van der Waals surface area contributed by atoms with Gasteiger partial charge < -0.3 is 14.0 Å². The molecule has 0 aliphatic heterocycles. The van der Waals surface area contributed by atoms with E-state index in [1.165, 1.54) is 0 Å². The van der Waals surface area contributed by atoms with Crippen molar-refractivity contribution in [3.8, 4) is 5.75 Å². The van der Waals surface area contributed by atoms with Crippen LogP contribution in [0.5, 0.6) is 5.75 Å². The topological polar surface area (TPSA) is 61.6 Å². The summed E-state index contributed by atoms with van der Waals surface area (Å²) in [4.78, 5) is 12.3. The number of aryl methyl sites for hydroxylation is 2. The number of hydrogen-bond acceptors (Lipinski definition) is 5. The van der Waals surface area contributed by atoms with Crippen molar-refractivity contribution in [3.63, 3.8) is 0 Å². The largest absolute Gasteiger partial charge is 0.489 e. The van der Waals surface area contributed by atoms with E-state index in [1.54, 1.807) is 24.3 Å². The van der Waals surface area contributed by atoms with Crippen molar-refractivity contribution in [2.24, 2.45) is 0 Å². The fourth-order valence-electron chi connectivity index (χ4n) is 2.39. The number of benzene rings is 2. The van der Waals surface area contributed by atoms with Gasteiger partial charge in [0.25, 0.3) is 0 Å². The maximum atomic E-state index is 12.3. The van der Waals surface area contributed by atoms with E-state index in [4.69, 9.17) is 14.0 Å². The highest BCUT2D eigenvalue weighted by Gasteiger charge is 2.12. The van der Waals surface area contributed by atoms with Crippen LogP contribution in [0.3, 0.4) is 0 Å². The van der Waals surface area contributed by atoms with Gasteiger partial charge in [0.15, 0.2) is 0 Å². The number of esters is 1. The summed E-state index contributed by atoms with van der Waals surface area (Å²) in [5, 5.41) is 3.90. The second-order valence-electron chi connectivity index (χ2n) is 5.82. The lowest BCUT2D eigenvalue weighted by Gasteiger charge is -2.08. The van der Waals surface area contributed by atoms with E-state index >= 15 is 0 Å². The van der Waals surface area contributed by atoms with Gasteiger partial charge in [-0.05, 0) is 49.7 Å². The minimum Gasteiger partial charge on any atom is -0.489 e. The number of rotatable bonds is 6. The van der Waals surface area contributed by atoms with Crippen LogP contribution in [0.4, 0.5) is 0 Å². The first kappa shape index (κ1) is 18.2. The monoisotopic (exact) mass is 415 g/mol. The van der Waals surface area contributed by atoms with Gasteiger partial charge in [-0.1, -0.05) is 39.3 Å². The lowest BCUT2D eigenvalue weighted by Crippen LogP contribution is -2.06. The van der Waals surface area contributed by atoms with Crippen molar-refractivity contribution in [2.75, 3.05) is 0 Å². The number of ether oxygens (including phenoxy) is 2. The molecule has 0 aliphatic carbocycles. The van der Waals surface area contributed by atoms with Crippen molar-refractivity contribution >= 4 is 21.9 Å². The van der Waals surface area contributed by atoms with Crippen LogP contribution >= 0.6 is 15.9 Å². The van der Waals surface area contributed by atoms with Crippen LogP contribution in [0, 0.1) is 13.8 Å². The maximum Gasteiger partial charge on any atom is 0.338 e. The lowest BCUT2D eigenvalue weighted by molar-refractivity contribution is 0.0472. The Balaban J connectivity index is 1.61. The van der Waals surface area contributed by atoms with Crippen LogP contribution in [-0.2, 0) is 18.0 Å². The number of carbonyl (C=O) groups excluding carboxylic acids is 1. The molecule has 0 unspecified atom stereocenters. The Hall–Kier alpha value is -2.60. The first-order chi connectivity index (χ1) is 12.5. The summed E-state index contributed by atoms with van der Waals surface area (Å²) < 4.78 is 17.2. The van der Waals surface area contributed by atoms with Gasteiger partial charge in [0.05, 0.1) is 16.8 Å². The molecule has 0 amide bonds. The fourth-order valence-corrected chi connectivity index (χ4v) is 2.65. The molecule has 0 saturated carbocycles. The molecule has 0 aliphatic rings. The molecule has 26 heavy (non-hydrogen) atoms. The third kappa shape index (κ3) is 4.52. The molecule has 0 saturated heterocycles. The molecule has 1 aromatic heterocycles. The Bertz CT molecular complexity index is 883. The second-order valence-corrected chi connectivity index (χ2v) is 6.74. The molecule has 0 N–H and O–H groups in total. The van der Waals surface area contributed by atoms with Crippen molar-refractivity contribution in [2.45, 2.75) is 27.1 Å². The first-order valence-electron chi connectivity index (χ1n) is 8.09. The van der Waals surface area contributed by atoms with E-state index < -0.39 is 5.97 Å². The van der Waals surface area contributed by atoms with Gasteiger partial charge in [0, 0.05) is 4.47 Å². The number of halogens is 1. The molecule has 134 valence electrons. The first-order valence-corrected chi connectivity index (χ1v) is 8.88. The predicted molar refractivity (Wildman–Crippen MR) is 100 cm³/mol. The minimum atomic E-state index is -0.393. The molecule has 1 heterocycles. The summed E-state index contributed by atoms with van der Waals surface area (Å²) >= 11 is 3.38. The van der Waals surface area contributed by atoms with Crippen LogP contribution in [0.1, 0.15) is 32.9 Å². The quantitative estimate of drug-likeness (QED) is 0.530. The molecule has 0 fully saturated rings. The summed E-state index contributed by atoms with van der Waals surface area (Å²) in [6.45, 7) is 4.26. The lowest BCUT2D eigenvalue weighted by atomic mass is 10.2. The maximum absolute atomic E-state index is 12.3. The van der Waals surface area contributed by atoms with Crippen molar-refractivity contribution in [1.82, 2.24) is 5.16 Å². The van der Waals surface area contributed by atoms with Crippen LogP contribution in [0.2, 0.25) is 0 Å². The van der Waals surface area contributed by atoms with Crippen LogP contribution in [-0.4, -0.2) is 11.1 Å². The SMILES string of the molecule is Cc1noc(C)c1COc1cccc(C(=O)OCc2ccc(Br)cc2)c1. The zero-order valence-corrected chi connectivity index (χ0v) is 16.1. The second kappa shape index (κ2) is 8.19. The van der Waals surface area contributed by atoms with E-state index in [1.807, 2.05) is 38.1 Å². The summed E-state index contributed by atoms with van der Waals surface area (Å²) in [5.74, 6) is 0.923. The molecular weight excluding hydrogens is 398 g/mol. The van der Waals surface area contributed by atoms with Crippen molar-refractivity contribution < 1.29 is 18.8 Å². The number of aromatic nitrogens is 1. The zero-order chi connectivity index (χ0) is 18.5. The number of hydrogen-bond donors (Lipinski definition) is 0. The molecule has 2 aromatic carbocycles. The fraction of sp³-hybridized carbons (Fsp3) is 0.200. The molecule has 3 aromatic rings. The average molecular weight is 416 g/mol. The highest BCUT2D eigenvalue weighted by atomic mass is 79.9. The van der Waals surface area contributed by atoms with Crippen molar-refractivity contribution in [1.29, 1.82) is 0 Å². The van der Waals surface area contributed by atoms with E-state index in [0.717, 1.165) is 27.1 Å². The van der Waals surface area contributed by atoms with Gasteiger partial charge in [-0.3, -0.25) is 0 Å². The Morgan fingerprint density at radius 2 is 1.88 bits per heavy atom. The number of nitrogens with zero attached hydrogens (tertiary/aromatic N) is 1. The van der Waals surface area contributed by atoms with Gasteiger partial charge in [0.2, 0.25) is 0 Å². The number of carbonyl (C=O) groups is 1. The molecule has 6 heteroatoms. The summed E-state index contributed by atoms with van der Waals surface area (Å²) in [7, 11) is 0. The highest BCUT2D eigenvalue weighted by molar-refractivity contribution is 9.10. The third-order valence-corrected chi connectivity index (χ3v) is 4.45. The average Bonchev–Trinajstić information content (AvgIpc) is 2.97. The Labute approximate surface area is 160 Å². The van der Waals surface area contributed by atoms with Crippen molar-refractivity contribution in [3.05, 3.63) is 81.1 Å².